The first-order chi connectivity index (χ1) is 13.6. The first kappa shape index (κ1) is 21.6. The summed E-state index contributed by atoms with van der Waals surface area (Å²) in [5.41, 5.74) is 1.37. The number of hydrogen-bond donors (Lipinski definition) is 3. The molecule has 0 aromatic carbocycles. The Hall–Kier alpha value is -2.72. The van der Waals surface area contributed by atoms with Gasteiger partial charge in [-0.05, 0) is 24.3 Å². The highest BCUT2D eigenvalue weighted by Crippen LogP contribution is 2.22. The van der Waals surface area contributed by atoms with E-state index in [2.05, 4.69) is 15.6 Å². The molecule has 9 nitrogen and oxygen atoms in total. The smallest absolute Gasteiger partial charge is 0.290 e. The molecule has 1 unspecified atom stereocenters. The van der Waals surface area contributed by atoms with Crippen molar-refractivity contribution in [1.29, 1.82) is 0 Å². The number of carbonyl (C=O) groups excluding carboxylic acids is 2. The van der Waals surface area contributed by atoms with Gasteiger partial charge in [0, 0.05) is 25.1 Å². The topological polar surface area (TPSA) is 123 Å². The van der Waals surface area contributed by atoms with Gasteiger partial charge in [-0.3, -0.25) is 14.4 Å². The highest BCUT2D eigenvalue weighted by atomic mass is 32.1. The molecule has 0 aliphatic carbocycles. The zero-order valence-electron chi connectivity index (χ0n) is 15.6. The van der Waals surface area contributed by atoms with Crippen LogP contribution in [0.5, 0.6) is 0 Å². The van der Waals surface area contributed by atoms with Crippen molar-refractivity contribution >= 4 is 29.6 Å². The lowest BCUT2D eigenvalue weighted by Gasteiger charge is -2.23. The number of hydrogen-bond acceptors (Lipinski definition) is 6. The van der Waals surface area contributed by atoms with Gasteiger partial charge in [0.15, 0.2) is 0 Å². The van der Waals surface area contributed by atoms with Crippen molar-refractivity contribution in [2.24, 2.45) is 5.92 Å². The number of carboxylic acid groups (broad SMARTS) is 1. The fourth-order valence-electron chi connectivity index (χ4n) is 2.96. The van der Waals surface area contributed by atoms with Crippen LogP contribution in [0.1, 0.15) is 27.5 Å². The van der Waals surface area contributed by atoms with Crippen molar-refractivity contribution in [3.8, 4) is 0 Å². The van der Waals surface area contributed by atoms with Crippen LogP contribution in [0.3, 0.4) is 0 Å². The maximum atomic E-state index is 12.4. The van der Waals surface area contributed by atoms with Crippen molar-refractivity contribution in [3.05, 3.63) is 40.1 Å². The van der Waals surface area contributed by atoms with Crippen LogP contribution in [0, 0.1) is 5.92 Å². The molecule has 0 radical (unpaired) electrons. The van der Waals surface area contributed by atoms with Crippen molar-refractivity contribution < 1.29 is 24.2 Å². The number of imidazole rings is 1. The molecule has 2 amide bonds. The van der Waals surface area contributed by atoms with E-state index in [4.69, 9.17) is 14.6 Å². The van der Waals surface area contributed by atoms with E-state index in [0.29, 0.717) is 38.4 Å². The summed E-state index contributed by atoms with van der Waals surface area (Å²) >= 11 is 1.61. The summed E-state index contributed by atoms with van der Waals surface area (Å²) < 4.78 is 6.86. The van der Waals surface area contributed by atoms with Crippen molar-refractivity contribution in [2.45, 2.75) is 25.9 Å². The summed E-state index contributed by atoms with van der Waals surface area (Å²) in [6, 6.07) is 3.95. The second-order valence-corrected chi connectivity index (χ2v) is 7.11. The number of thiophene rings is 1. The maximum absolute atomic E-state index is 12.4. The van der Waals surface area contributed by atoms with Gasteiger partial charge in [0.2, 0.25) is 5.91 Å². The fourth-order valence-corrected chi connectivity index (χ4v) is 3.60. The fraction of sp³-hybridized carbons (Fsp3) is 0.444. The van der Waals surface area contributed by atoms with Crippen LogP contribution < -0.4 is 10.6 Å². The molecule has 3 rings (SSSR count). The number of ether oxygens (including phenoxy) is 1. The minimum absolute atomic E-state index is 0.0279. The first-order valence-corrected chi connectivity index (χ1v) is 9.67. The average Bonchev–Trinajstić information content (AvgIpc) is 3.36. The summed E-state index contributed by atoms with van der Waals surface area (Å²) in [6.45, 7) is 1.83. The lowest BCUT2D eigenvalue weighted by molar-refractivity contribution is -0.126. The van der Waals surface area contributed by atoms with Gasteiger partial charge in [0.1, 0.15) is 5.69 Å². The molecule has 3 N–H and O–H groups in total. The van der Waals surface area contributed by atoms with E-state index < -0.39 is 0 Å². The lowest BCUT2D eigenvalue weighted by Crippen LogP contribution is -2.37. The van der Waals surface area contributed by atoms with Crippen molar-refractivity contribution in [2.75, 3.05) is 20.3 Å². The highest BCUT2D eigenvalue weighted by Gasteiger charge is 2.28. The monoisotopic (exact) mass is 408 g/mol. The summed E-state index contributed by atoms with van der Waals surface area (Å²) in [5.74, 6) is -0.231. The van der Waals surface area contributed by atoms with E-state index in [0.717, 1.165) is 17.0 Å². The van der Waals surface area contributed by atoms with E-state index in [9.17, 15) is 9.59 Å². The Kier molecular flexibility index (Phi) is 8.63. The molecule has 0 saturated heterocycles. The molecule has 1 atom stereocenters. The normalized spacial score (nSPS) is 15.0. The third-order valence-electron chi connectivity index (χ3n) is 4.29. The average molecular weight is 408 g/mol. The molecule has 0 fully saturated rings. The Morgan fingerprint density at radius 3 is 2.93 bits per heavy atom. The molecule has 1 aliphatic heterocycles. The number of amides is 2. The number of aromatic nitrogens is 2. The second kappa shape index (κ2) is 11.2. The summed E-state index contributed by atoms with van der Waals surface area (Å²) in [6.07, 6.45) is 3.05. The second-order valence-electron chi connectivity index (χ2n) is 6.08. The van der Waals surface area contributed by atoms with Crippen molar-refractivity contribution in [1.82, 2.24) is 20.2 Å². The minimum atomic E-state index is -0.250. The number of nitrogens with one attached hydrogen (secondary N) is 2. The summed E-state index contributed by atoms with van der Waals surface area (Å²) in [5, 5.41) is 14.7. The van der Waals surface area contributed by atoms with Crippen molar-refractivity contribution in [3.63, 3.8) is 0 Å². The first-order valence-electron chi connectivity index (χ1n) is 8.79. The molecule has 28 heavy (non-hydrogen) atoms. The van der Waals surface area contributed by atoms with E-state index in [1.165, 1.54) is 0 Å². The van der Waals surface area contributed by atoms with Gasteiger partial charge in [-0.15, -0.1) is 11.3 Å². The standard InChI is InChI=1S/C17H22N4O3S.CH2O2/c1-24-7-6-18-16(22)12-4-5-14-15(20-11-21(14)10-12)17(23)19-9-13-3-2-8-25-13;2-1-3/h2-3,8,11-12H,4-7,9-10H2,1H3,(H,18,22)(H,19,23);1H,(H,2,3). The predicted molar refractivity (Wildman–Crippen MR) is 103 cm³/mol. The van der Waals surface area contributed by atoms with Gasteiger partial charge in [-0.25, -0.2) is 4.98 Å². The molecule has 0 spiro atoms. The molecule has 0 bridgehead atoms. The molecule has 2 aromatic heterocycles. The van der Waals surface area contributed by atoms with Gasteiger partial charge < -0.3 is 25.0 Å². The Bertz CT molecular complexity index is 775. The largest absolute Gasteiger partial charge is 0.483 e. The minimum Gasteiger partial charge on any atom is -0.483 e. The molecule has 1 aliphatic rings. The zero-order chi connectivity index (χ0) is 20.4. The molecule has 3 heterocycles. The molecule has 0 saturated carbocycles. The summed E-state index contributed by atoms with van der Waals surface area (Å²) in [4.78, 5) is 38.3. The Morgan fingerprint density at radius 1 is 1.46 bits per heavy atom. The molecular weight excluding hydrogens is 384 g/mol. The van der Waals surface area contributed by atoms with E-state index in [-0.39, 0.29) is 24.2 Å². The van der Waals surface area contributed by atoms with Gasteiger partial charge in [-0.1, -0.05) is 6.07 Å². The molecule has 152 valence electrons. The third-order valence-corrected chi connectivity index (χ3v) is 5.16. The number of fused-ring (bicyclic) bond motifs is 1. The van der Waals surface area contributed by atoms with Crippen LogP contribution in [0.4, 0.5) is 0 Å². The number of nitrogens with zero attached hydrogens (tertiary/aromatic N) is 2. The number of methoxy groups -OCH3 is 1. The van der Waals surface area contributed by atoms with Crippen LogP contribution in [0.15, 0.2) is 23.8 Å². The Balaban J connectivity index is 0.000000878. The van der Waals surface area contributed by atoms with E-state index >= 15 is 0 Å². The van der Waals surface area contributed by atoms with Gasteiger partial charge in [-0.2, -0.15) is 0 Å². The summed E-state index contributed by atoms with van der Waals surface area (Å²) in [7, 11) is 1.61. The molecular formula is C18H24N4O5S. The third kappa shape index (κ3) is 5.89. The van der Waals surface area contributed by atoms with Crippen LogP contribution in [0.25, 0.3) is 0 Å². The van der Waals surface area contributed by atoms with Crippen LogP contribution in [0.2, 0.25) is 0 Å². The number of rotatable bonds is 7. The SMILES string of the molecule is COCCNC(=O)C1CCc2c(C(=O)NCc3cccs3)ncn2C1.O=CO. The highest BCUT2D eigenvalue weighted by molar-refractivity contribution is 7.09. The quantitative estimate of drug-likeness (QED) is 0.462. The van der Waals surface area contributed by atoms with Gasteiger partial charge >= 0.3 is 0 Å². The van der Waals surface area contributed by atoms with Gasteiger partial charge in [0.25, 0.3) is 12.4 Å². The molecule has 10 heteroatoms. The van der Waals surface area contributed by atoms with Crippen LogP contribution in [-0.2, 0) is 33.8 Å². The van der Waals surface area contributed by atoms with Gasteiger partial charge in [0.05, 0.1) is 31.1 Å². The van der Waals surface area contributed by atoms with Crippen LogP contribution >= 0.6 is 11.3 Å². The van der Waals surface area contributed by atoms with Crippen LogP contribution in [-0.4, -0.2) is 53.2 Å². The lowest BCUT2D eigenvalue weighted by atomic mass is 9.96. The number of carbonyl (C=O) groups is 3. The molecule has 2 aromatic rings. The Labute approximate surface area is 166 Å². The van der Waals surface area contributed by atoms with E-state index in [1.54, 1.807) is 24.8 Å². The zero-order valence-corrected chi connectivity index (χ0v) is 16.4. The maximum Gasteiger partial charge on any atom is 0.290 e. The Morgan fingerprint density at radius 2 is 2.25 bits per heavy atom. The van der Waals surface area contributed by atoms with E-state index in [1.807, 2.05) is 22.1 Å². The predicted octanol–water partition coefficient (Wildman–Crippen LogP) is 0.900.